The molecule has 1 heterocycles. The van der Waals surface area contributed by atoms with Crippen LogP contribution in [0.3, 0.4) is 0 Å². The van der Waals surface area contributed by atoms with Crippen molar-refractivity contribution in [1.82, 2.24) is 0 Å². The predicted octanol–water partition coefficient (Wildman–Crippen LogP) is 2.94. The summed E-state index contributed by atoms with van der Waals surface area (Å²) >= 11 is -0.136. The molecule has 2 unspecified atom stereocenters. The molecule has 1 aliphatic heterocycles. The zero-order valence-corrected chi connectivity index (χ0v) is 11.5. The first kappa shape index (κ1) is 9.88. The summed E-state index contributed by atoms with van der Waals surface area (Å²) in [5, 5.41) is 0. The van der Waals surface area contributed by atoms with Crippen LogP contribution in [0, 0.1) is 0 Å². The number of fused-ring (bicyclic) bond motifs is 1. The van der Waals surface area contributed by atoms with E-state index in [1.165, 1.54) is 16.7 Å². The van der Waals surface area contributed by atoms with E-state index in [0.717, 1.165) is 0 Å². The topological polar surface area (TPSA) is 12.4 Å². The SMILES string of the molecule is C1=CC2[Te]C=NC23C(=C1)C=Cc1ccccc13. The van der Waals surface area contributed by atoms with Crippen molar-refractivity contribution in [2.24, 2.45) is 4.99 Å². The Morgan fingerprint density at radius 3 is 3.12 bits per heavy atom. The number of nitrogens with zero attached hydrogens (tertiary/aromatic N) is 1. The van der Waals surface area contributed by atoms with Crippen molar-refractivity contribution in [3.63, 3.8) is 0 Å². The molecular formula is C15H11NTe. The zero-order valence-electron chi connectivity index (χ0n) is 9.21. The van der Waals surface area contributed by atoms with E-state index in [1.54, 1.807) is 0 Å². The Balaban J connectivity index is 2.07. The molecular weight excluding hydrogens is 322 g/mol. The summed E-state index contributed by atoms with van der Waals surface area (Å²) in [5.41, 5.74) is 4.02. The van der Waals surface area contributed by atoms with Gasteiger partial charge in [0.05, 0.1) is 0 Å². The van der Waals surface area contributed by atoms with Gasteiger partial charge in [-0.1, -0.05) is 0 Å². The standard InChI is InChI=1S/C15H11NTe/c1-2-6-13-11(4-1)8-9-12-5-3-7-14-15(12,13)16-10-17-14/h1-10,14H. The number of aliphatic imine (C=N–C) groups is 1. The Morgan fingerprint density at radius 2 is 2.12 bits per heavy atom. The molecule has 0 saturated carbocycles. The first-order valence-corrected chi connectivity index (χ1v) is 8.46. The van der Waals surface area contributed by atoms with Crippen LogP contribution in [-0.4, -0.2) is 25.2 Å². The minimum atomic E-state index is -0.136. The number of benzene rings is 1. The molecule has 2 aliphatic carbocycles. The predicted molar refractivity (Wildman–Crippen MR) is 72.4 cm³/mol. The van der Waals surface area contributed by atoms with Crippen LogP contribution in [0.2, 0.25) is 3.97 Å². The molecule has 82 valence electrons. The molecule has 2 atom stereocenters. The van der Waals surface area contributed by atoms with Crippen molar-refractivity contribution in [1.29, 1.82) is 0 Å². The quantitative estimate of drug-likeness (QED) is 0.648. The second kappa shape index (κ2) is 3.45. The normalized spacial score (nSPS) is 31.8. The molecule has 1 spiro atoms. The van der Waals surface area contributed by atoms with E-state index >= 15 is 0 Å². The molecule has 1 nitrogen and oxygen atoms in total. The molecule has 17 heavy (non-hydrogen) atoms. The zero-order chi connectivity index (χ0) is 11.3. The van der Waals surface area contributed by atoms with Gasteiger partial charge in [0, 0.05) is 0 Å². The summed E-state index contributed by atoms with van der Waals surface area (Å²) in [6, 6.07) is 8.68. The summed E-state index contributed by atoms with van der Waals surface area (Å²) < 4.78 is 2.84. The average molecular weight is 333 g/mol. The van der Waals surface area contributed by atoms with E-state index in [9.17, 15) is 0 Å². The molecule has 0 N–H and O–H groups in total. The van der Waals surface area contributed by atoms with Crippen LogP contribution in [0.4, 0.5) is 0 Å². The van der Waals surface area contributed by atoms with Crippen molar-refractivity contribution in [3.05, 3.63) is 65.3 Å². The Bertz CT molecular complexity index is 609. The minimum absolute atomic E-state index is 0.0671. The van der Waals surface area contributed by atoms with Gasteiger partial charge in [-0.15, -0.1) is 0 Å². The first-order valence-electron chi connectivity index (χ1n) is 5.77. The van der Waals surface area contributed by atoms with Gasteiger partial charge in [-0.25, -0.2) is 0 Å². The molecule has 0 fully saturated rings. The maximum absolute atomic E-state index is 4.91. The van der Waals surface area contributed by atoms with Crippen molar-refractivity contribution in [3.8, 4) is 0 Å². The third-order valence-electron chi connectivity index (χ3n) is 3.69. The Morgan fingerprint density at radius 1 is 1.18 bits per heavy atom. The molecule has 0 aromatic heterocycles. The molecule has 1 aromatic carbocycles. The van der Waals surface area contributed by atoms with Crippen molar-refractivity contribution < 1.29 is 0 Å². The number of hydrogen-bond acceptors (Lipinski definition) is 1. The van der Waals surface area contributed by atoms with Gasteiger partial charge in [-0.2, -0.15) is 0 Å². The van der Waals surface area contributed by atoms with Crippen molar-refractivity contribution >= 4 is 31.3 Å². The van der Waals surface area contributed by atoms with Crippen molar-refractivity contribution in [2.75, 3.05) is 0 Å². The molecule has 1 aromatic rings. The summed E-state index contributed by atoms with van der Waals surface area (Å²) in [6.45, 7) is 0. The van der Waals surface area contributed by atoms with Gasteiger partial charge < -0.3 is 0 Å². The van der Waals surface area contributed by atoms with Crippen LogP contribution in [0.15, 0.2) is 59.1 Å². The Hall–Kier alpha value is -1.10. The third kappa shape index (κ3) is 1.18. The van der Waals surface area contributed by atoms with Crippen LogP contribution in [0.25, 0.3) is 6.08 Å². The molecule has 2 heteroatoms. The second-order valence-electron chi connectivity index (χ2n) is 4.49. The number of allylic oxidation sites excluding steroid dienone is 2. The molecule has 0 saturated heterocycles. The van der Waals surface area contributed by atoms with Crippen LogP contribution >= 0.6 is 0 Å². The Labute approximate surface area is 111 Å². The number of hydrogen-bond donors (Lipinski definition) is 0. The van der Waals surface area contributed by atoms with E-state index in [-0.39, 0.29) is 26.5 Å². The molecule has 3 aliphatic rings. The van der Waals surface area contributed by atoms with Gasteiger partial charge in [0.15, 0.2) is 0 Å². The van der Waals surface area contributed by atoms with Crippen molar-refractivity contribution in [2.45, 2.75) is 9.50 Å². The molecule has 4 rings (SSSR count). The molecule has 0 bridgehead atoms. The van der Waals surface area contributed by atoms with Gasteiger partial charge >= 0.3 is 111 Å². The van der Waals surface area contributed by atoms with E-state index in [1.807, 2.05) is 0 Å². The van der Waals surface area contributed by atoms with Gasteiger partial charge in [-0.05, 0) is 0 Å². The van der Waals surface area contributed by atoms with Gasteiger partial charge in [-0.3, -0.25) is 0 Å². The summed E-state index contributed by atoms with van der Waals surface area (Å²) in [6.07, 6.45) is 11.2. The first-order chi connectivity index (χ1) is 8.41. The van der Waals surface area contributed by atoms with E-state index in [0.29, 0.717) is 3.97 Å². The van der Waals surface area contributed by atoms with E-state index in [2.05, 4.69) is 58.9 Å². The van der Waals surface area contributed by atoms with Crippen LogP contribution in [-0.2, 0) is 5.54 Å². The number of rotatable bonds is 0. The van der Waals surface area contributed by atoms with Crippen LogP contribution in [0.1, 0.15) is 11.1 Å². The van der Waals surface area contributed by atoms with Gasteiger partial charge in [0.25, 0.3) is 0 Å². The van der Waals surface area contributed by atoms with E-state index < -0.39 is 0 Å². The summed E-state index contributed by atoms with van der Waals surface area (Å²) in [5.74, 6) is 0. The molecule has 0 amide bonds. The van der Waals surface area contributed by atoms with E-state index in [4.69, 9.17) is 4.99 Å². The average Bonchev–Trinajstić information content (AvgIpc) is 2.81. The fourth-order valence-corrected chi connectivity index (χ4v) is 5.92. The van der Waals surface area contributed by atoms with Crippen LogP contribution < -0.4 is 0 Å². The summed E-state index contributed by atoms with van der Waals surface area (Å²) in [7, 11) is 0. The monoisotopic (exact) mass is 335 g/mol. The fourth-order valence-electron chi connectivity index (χ4n) is 2.89. The third-order valence-corrected chi connectivity index (χ3v) is 6.60. The molecule has 0 radical (unpaired) electrons. The van der Waals surface area contributed by atoms with Crippen LogP contribution in [0.5, 0.6) is 0 Å². The summed E-state index contributed by atoms with van der Waals surface area (Å²) in [4.78, 5) is 4.91. The van der Waals surface area contributed by atoms with Gasteiger partial charge in [0.2, 0.25) is 0 Å². The second-order valence-corrected chi connectivity index (χ2v) is 7.31. The Kier molecular flexibility index (Phi) is 2.00. The fraction of sp³-hybridized carbons (Fsp3) is 0.133. The van der Waals surface area contributed by atoms with Gasteiger partial charge in [0.1, 0.15) is 0 Å². The maximum atomic E-state index is 4.91.